The predicted octanol–water partition coefficient (Wildman–Crippen LogP) is 2.12. The van der Waals surface area contributed by atoms with Crippen molar-refractivity contribution in [2.45, 2.75) is 65.1 Å². The molecule has 31 heavy (non-hydrogen) atoms. The average Bonchev–Trinajstić information content (AvgIpc) is 3.07. The van der Waals surface area contributed by atoms with Gasteiger partial charge >= 0.3 is 6.09 Å². The Kier molecular flexibility index (Phi) is 8.04. The molecule has 0 aliphatic carbocycles. The van der Waals surface area contributed by atoms with E-state index in [0.29, 0.717) is 6.42 Å². The SMILES string of the molecule is CC(C)C[C@@H](NC(=O)OC(C)(C)C)C(=O)N[C@H](Cc1c[nH]c2ccccc12)C(=O)NN. The van der Waals surface area contributed by atoms with Gasteiger partial charge in [-0.05, 0) is 44.7 Å². The molecule has 0 radical (unpaired) electrons. The highest BCUT2D eigenvalue weighted by Crippen LogP contribution is 2.19. The average molecular weight is 432 g/mol. The molecule has 9 nitrogen and oxygen atoms in total. The molecule has 2 aromatic rings. The minimum Gasteiger partial charge on any atom is -0.444 e. The summed E-state index contributed by atoms with van der Waals surface area (Å²) in [5, 5.41) is 6.30. The number of para-hydroxylation sites is 1. The maximum atomic E-state index is 13.0. The first kappa shape index (κ1) is 24.2. The van der Waals surface area contributed by atoms with Crippen LogP contribution in [-0.2, 0) is 20.7 Å². The predicted molar refractivity (Wildman–Crippen MR) is 119 cm³/mol. The number of nitrogens with one attached hydrogen (secondary N) is 4. The Bertz CT molecular complexity index is 916. The summed E-state index contributed by atoms with van der Waals surface area (Å²) in [6.45, 7) is 9.10. The van der Waals surface area contributed by atoms with E-state index in [1.165, 1.54) is 0 Å². The van der Waals surface area contributed by atoms with E-state index in [9.17, 15) is 14.4 Å². The highest BCUT2D eigenvalue weighted by atomic mass is 16.6. The Hall–Kier alpha value is -3.07. The number of carbonyl (C=O) groups is 3. The molecular weight excluding hydrogens is 398 g/mol. The molecule has 1 aromatic carbocycles. The third-order valence-corrected chi connectivity index (χ3v) is 4.59. The molecule has 2 rings (SSSR count). The molecule has 1 heterocycles. The summed E-state index contributed by atoms with van der Waals surface area (Å²) in [6.07, 6.45) is 1.73. The number of hydrogen-bond acceptors (Lipinski definition) is 5. The maximum Gasteiger partial charge on any atom is 0.408 e. The van der Waals surface area contributed by atoms with E-state index in [1.807, 2.05) is 38.1 Å². The van der Waals surface area contributed by atoms with Gasteiger partial charge in [-0.2, -0.15) is 0 Å². The quantitative estimate of drug-likeness (QED) is 0.248. The standard InChI is InChI=1S/C22H33N5O4/c1-13(2)10-17(26-21(30)31-22(3,4)5)19(28)25-18(20(29)27-23)11-14-12-24-16-9-7-6-8-15(14)16/h6-9,12-13,17-18,24H,10-11,23H2,1-5H3,(H,25,28)(H,26,30)(H,27,29)/t17-,18-/m1/s1. The van der Waals surface area contributed by atoms with Gasteiger partial charge in [0.05, 0.1) is 0 Å². The molecule has 6 N–H and O–H groups in total. The van der Waals surface area contributed by atoms with E-state index < -0.39 is 35.6 Å². The van der Waals surface area contributed by atoms with Crippen molar-refractivity contribution in [3.8, 4) is 0 Å². The van der Waals surface area contributed by atoms with Crippen LogP contribution in [0.3, 0.4) is 0 Å². The van der Waals surface area contributed by atoms with Crippen molar-refractivity contribution >= 4 is 28.8 Å². The van der Waals surface area contributed by atoms with Crippen molar-refractivity contribution in [3.63, 3.8) is 0 Å². The molecule has 0 unspecified atom stereocenters. The summed E-state index contributed by atoms with van der Waals surface area (Å²) < 4.78 is 5.27. The summed E-state index contributed by atoms with van der Waals surface area (Å²) in [4.78, 5) is 40.8. The topological polar surface area (TPSA) is 138 Å². The molecule has 0 spiro atoms. The lowest BCUT2D eigenvalue weighted by molar-refractivity contribution is -0.130. The number of aromatic amines is 1. The molecule has 0 aliphatic rings. The lowest BCUT2D eigenvalue weighted by atomic mass is 10.0. The fourth-order valence-electron chi connectivity index (χ4n) is 3.26. The Balaban J connectivity index is 2.17. The number of carbonyl (C=O) groups excluding carboxylic acids is 3. The van der Waals surface area contributed by atoms with Crippen molar-refractivity contribution in [2.24, 2.45) is 11.8 Å². The Morgan fingerprint density at radius 2 is 1.74 bits per heavy atom. The molecule has 1 aromatic heterocycles. The number of amides is 3. The molecule has 0 fully saturated rings. The van der Waals surface area contributed by atoms with Crippen LogP contribution in [-0.4, -0.2) is 40.6 Å². The minimum absolute atomic E-state index is 0.126. The molecule has 0 saturated heterocycles. The molecule has 0 aliphatic heterocycles. The zero-order valence-electron chi connectivity index (χ0n) is 18.7. The number of benzene rings is 1. The van der Waals surface area contributed by atoms with Gasteiger partial charge in [-0.1, -0.05) is 32.0 Å². The van der Waals surface area contributed by atoms with Gasteiger partial charge in [0.1, 0.15) is 17.7 Å². The second kappa shape index (κ2) is 10.3. The van der Waals surface area contributed by atoms with Crippen LogP contribution in [0.2, 0.25) is 0 Å². The van der Waals surface area contributed by atoms with Gasteiger partial charge in [0.25, 0.3) is 5.91 Å². The molecule has 9 heteroatoms. The number of ether oxygens (including phenoxy) is 1. The second-order valence-electron chi connectivity index (χ2n) is 8.96. The first-order valence-corrected chi connectivity index (χ1v) is 10.4. The molecule has 2 atom stereocenters. The molecule has 0 saturated carbocycles. The number of hydrogen-bond donors (Lipinski definition) is 5. The van der Waals surface area contributed by atoms with E-state index in [-0.39, 0.29) is 12.3 Å². The third kappa shape index (κ3) is 7.29. The highest BCUT2D eigenvalue weighted by Gasteiger charge is 2.29. The molecule has 170 valence electrons. The van der Waals surface area contributed by atoms with Crippen molar-refractivity contribution in [3.05, 3.63) is 36.0 Å². The number of alkyl carbamates (subject to hydrolysis) is 1. The third-order valence-electron chi connectivity index (χ3n) is 4.59. The number of rotatable bonds is 8. The van der Waals surface area contributed by atoms with Gasteiger partial charge in [0.15, 0.2) is 0 Å². The molecular formula is C22H33N5O4. The lowest BCUT2D eigenvalue weighted by Crippen LogP contribution is -2.56. The van der Waals surface area contributed by atoms with Crippen LogP contribution in [0, 0.1) is 5.92 Å². The summed E-state index contributed by atoms with van der Waals surface area (Å²) in [6, 6.07) is 5.91. The monoisotopic (exact) mass is 431 g/mol. The highest BCUT2D eigenvalue weighted by molar-refractivity contribution is 5.92. The van der Waals surface area contributed by atoms with E-state index in [4.69, 9.17) is 10.6 Å². The summed E-state index contributed by atoms with van der Waals surface area (Å²) in [5.41, 5.74) is 3.21. The van der Waals surface area contributed by atoms with Crippen LogP contribution in [0.1, 0.15) is 46.6 Å². The van der Waals surface area contributed by atoms with Crippen LogP contribution >= 0.6 is 0 Å². The van der Waals surface area contributed by atoms with Gasteiger partial charge in [0.2, 0.25) is 5.91 Å². The zero-order chi connectivity index (χ0) is 23.2. The maximum absolute atomic E-state index is 13.0. The number of fused-ring (bicyclic) bond motifs is 1. The molecule has 3 amide bonds. The van der Waals surface area contributed by atoms with Crippen LogP contribution in [0.25, 0.3) is 10.9 Å². The lowest BCUT2D eigenvalue weighted by Gasteiger charge is -2.25. The van der Waals surface area contributed by atoms with Gasteiger partial charge in [0, 0.05) is 23.5 Å². The van der Waals surface area contributed by atoms with Crippen molar-refractivity contribution in [2.75, 3.05) is 0 Å². The van der Waals surface area contributed by atoms with Crippen LogP contribution in [0.4, 0.5) is 4.79 Å². The van der Waals surface area contributed by atoms with E-state index in [2.05, 4.69) is 21.0 Å². The first-order chi connectivity index (χ1) is 14.5. The Labute approximate surface area is 182 Å². The Morgan fingerprint density at radius 3 is 2.35 bits per heavy atom. The number of hydrazine groups is 1. The van der Waals surface area contributed by atoms with Gasteiger partial charge in [-0.25, -0.2) is 10.6 Å². The van der Waals surface area contributed by atoms with Gasteiger partial charge in [-0.3, -0.25) is 15.0 Å². The smallest absolute Gasteiger partial charge is 0.408 e. The second-order valence-corrected chi connectivity index (χ2v) is 8.96. The largest absolute Gasteiger partial charge is 0.444 e. The summed E-state index contributed by atoms with van der Waals surface area (Å²) in [7, 11) is 0. The van der Waals surface area contributed by atoms with Crippen molar-refractivity contribution in [1.82, 2.24) is 21.0 Å². The molecule has 0 bridgehead atoms. The Morgan fingerprint density at radius 1 is 1.06 bits per heavy atom. The zero-order valence-corrected chi connectivity index (χ0v) is 18.7. The van der Waals surface area contributed by atoms with Crippen LogP contribution in [0.5, 0.6) is 0 Å². The van der Waals surface area contributed by atoms with Crippen LogP contribution in [0.15, 0.2) is 30.5 Å². The fraction of sp³-hybridized carbons (Fsp3) is 0.500. The minimum atomic E-state index is -0.910. The van der Waals surface area contributed by atoms with E-state index in [0.717, 1.165) is 16.5 Å². The number of nitrogens with two attached hydrogens (primary N) is 1. The van der Waals surface area contributed by atoms with E-state index >= 15 is 0 Å². The van der Waals surface area contributed by atoms with Gasteiger partial charge in [-0.15, -0.1) is 0 Å². The normalized spacial score (nSPS) is 13.5. The first-order valence-electron chi connectivity index (χ1n) is 10.4. The number of aromatic nitrogens is 1. The van der Waals surface area contributed by atoms with Crippen LogP contribution < -0.4 is 21.9 Å². The fourth-order valence-corrected chi connectivity index (χ4v) is 3.26. The van der Waals surface area contributed by atoms with E-state index in [1.54, 1.807) is 27.0 Å². The van der Waals surface area contributed by atoms with Crippen molar-refractivity contribution < 1.29 is 19.1 Å². The number of H-pyrrole nitrogens is 1. The summed E-state index contributed by atoms with van der Waals surface area (Å²) >= 11 is 0. The van der Waals surface area contributed by atoms with Crippen molar-refractivity contribution in [1.29, 1.82) is 0 Å². The van der Waals surface area contributed by atoms with Gasteiger partial charge < -0.3 is 20.4 Å². The summed E-state index contributed by atoms with van der Waals surface area (Å²) in [5.74, 6) is 4.47.